The van der Waals surface area contributed by atoms with Gasteiger partial charge in [-0.3, -0.25) is 16.0 Å². The molecule has 1 saturated heterocycles. The summed E-state index contributed by atoms with van der Waals surface area (Å²) in [5, 5.41) is 4.55. The van der Waals surface area contributed by atoms with E-state index in [1.165, 1.54) is 5.69 Å². The summed E-state index contributed by atoms with van der Waals surface area (Å²) in [6.07, 6.45) is 4.22. The first-order valence-electron chi connectivity index (χ1n) is 7.40. The molecule has 3 unspecified atom stereocenters. The van der Waals surface area contributed by atoms with E-state index in [0.29, 0.717) is 12.0 Å². The van der Waals surface area contributed by atoms with Crippen molar-refractivity contribution in [3.63, 3.8) is 0 Å². The molecule has 5 nitrogen and oxygen atoms in total. The molecule has 114 valence electrons. The van der Waals surface area contributed by atoms with E-state index in [4.69, 9.17) is 10.6 Å². The Morgan fingerprint density at radius 3 is 2.85 bits per heavy atom. The topological polar surface area (TPSA) is 65.1 Å². The summed E-state index contributed by atoms with van der Waals surface area (Å²) in [6, 6.07) is 0.221. The third kappa shape index (κ3) is 3.08. The lowest BCUT2D eigenvalue weighted by atomic mass is 9.89. The SMILES string of the molecule is CCc1nn(C)c(CC(NN)C2CCOC2CC)c1Br. The Labute approximate surface area is 129 Å². The number of nitrogens with one attached hydrogen (secondary N) is 1. The van der Waals surface area contributed by atoms with Crippen molar-refractivity contribution in [3.05, 3.63) is 15.9 Å². The molecule has 3 atom stereocenters. The van der Waals surface area contributed by atoms with Gasteiger partial charge >= 0.3 is 0 Å². The maximum Gasteiger partial charge on any atom is 0.0766 e. The van der Waals surface area contributed by atoms with E-state index in [1.54, 1.807) is 0 Å². The van der Waals surface area contributed by atoms with E-state index in [9.17, 15) is 0 Å². The molecule has 1 aliphatic rings. The summed E-state index contributed by atoms with van der Waals surface area (Å²) >= 11 is 3.68. The van der Waals surface area contributed by atoms with Crippen LogP contribution in [0, 0.1) is 5.92 Å². The third-order valence-electron chi connectivity index (χ3n) is 4.31. The average molecular weight is 345 g/mol. The smallest absolute Gasteiger partial charge is 0.0766 e. The Morgan fingerprint density at radius 2 is 2.30 bits per heavy atom. The summed E-state index contributed by atoms with van der Waals surface area (Å²) < 4.78 is 8.87. The highest BCUT2D eigenvalue weighted by molar-refractivity contribution is 9.10. The Bertz CT molecular complexity index is 449. The zero-order chi connectivity index (χ0) is 14.7. The Balaban J connectivity index is 2.16. The number of hydrogen-bond donors (Lipinski definition) is 2. The van der Waals surface area contributed by atoms with Gasteiger partial charge in [-0.15, -0.1) is 0 Å². The lowest BCUT2D eigenvalue weighted by molar-refractivity contribution is 0.0772. The highest BCUT2D eigenvalue weighted by Crippen LogP contribution is 2.30. The van der Waals surface area contributed by atoms with Crippen molar-refractivity contribution < 1.29 is 4.74 Å². The Morgan fingerprint density at radius 1 is 1.55 bits per heavy atom. The van der Waals surface area contributed by atoms with Crippen LogP contribution in [0.3, 0.4) is 0 Å². The van der Waals surface area contributed by atoms with Crippen LogP contribution in [0.25, 0.3) is 0 Å². The van der Waals surface area contributed by atoms with E-state index in [0.717, 1.165) is 42.5 Å². The number of halogens is 1. The zero-order valence-corrected chi connectivity index (χ0v) is 14.1. The number of aryl methyl sites for hydroxylation is 2. The standard InChI is InChI=1S/C14H25BrN4O/c1-4-10-14(15)12(19(3)18-10)8-11(17-16)9-6-7-20-13(9)5-2/h9,11,13,17H,4-8,16H2,1-3H3. The number of hydrazine groups is 1. The number of aromatic nitrogens is 2. The molecule has 20 heavy (non-hydrogen) atoms. The number of rotatable bonds is 6. The average Bonchev–Trinajstić information content (AvgIpc) is 3.02. The fourth-order valence-corrected chi connectivity index (χ4v) is 3.91. The van der Waals surface area contributed by atoms with Gasteiger partial charge in [-0.2, -0.15) is 5.10 Å². The molecule has 0 aromatic carbocycles. The molecular formula is C14H25BrN4O. The molecule has 0 bridgehead atoms. The van der Waals surface area contributed by atoms with Crippen molar-refractivity contribution in [3.8, 4) is 0 Å². The van der Waals surface area contributed by atoms with Gasteiger partial charge in [0.05, 0.1) is 22.0 Å². The Kier molecular flexibility index (Phi) is 5.60. The van der Waals surface area contributed by atoms with Crippen molar-refractivity contribution in [2.24, 2.45) is 18.8 Å². The molecule has 1 aromatic heterocycles. The molecule has 1 fully saturated rings. The second kappa shape index (κ2) is 7.02. The molecule has 0 saturated carbocycles. The van der Waals surface area contributed by atoms with Gasteiger partial charge in [0.1, 0.15) is 0 Å². The predicted molar refractivity (Wildman–Crippen MR) is 83.2 cm³/mol. The molecule has 0 radical (unpaired) electrons. The third-order valence-corrected chi connectivity index (χ3v) is 5.23. The van der Waals surface area contributed by atoms with Crippen LogP contribution in [0.4, 0.5) is 0 Å². The van der Waals surface area contributed by atoms with E-state index in [-0.39, 0.29) is 6.04 Å². The molecule has 6 heteroatoms. The van der Waals surface area contributed by atoms with Crippen molar-refractivity contribution in [1.29, 1.82) is 0 Å². The van der Waals surface area contributed by atoms with Crippen LogP contribution in [0.1, 0.15) is 38.1 Å². The first-order chi connectivity index (χ1) is 9.62. The molecule has 2 heterocycles. The minimum absolute atomic E-state index is 0.221. The molecule has 1 aliphatic heterocycles. The van der Waals surface area contributed by atoms with Gasteiger partial charge in [-0.1, -0.05) is 13.8 Å². The number of nitrogens with two attached hydrogens (primary N) is 1. The summed E-state index contributed by atoms with van der Waals surface area (Å²) in [4.78, 5) is 0. The molecule has 3 N–H and O–H groups in total. The van der Waals surface area contributed by atoms with E-state index in [1.807, 2.05) is 11.7 Å². The molecule has 0 spiro atoms. The largest absolute Gasteiger partial charge is 0.378 e. The minimum atomic E-state index is 0.221. The van der Waals surface area contributed by atoms with Crippen LogP contribution in [0.15, 0.2) is 4.47 Å². The number of hydrogen-bond acceptors (Lipinski definition) is 4. The predicted octanol–water partition coefficient (Wildman–Crippen LogP) is 1.93. The molecule has 1 aromatic rings. The van der Waals surface area contributed by atoms with Crippen molar-refractivity contribution >= 4 is 15.9 Å². The van der Waals surface area contributed by atoms with Gasteiger partial charge in [0.2, 0.25) is 0 Å². The normalized spacial score (nSPS) is 24.2. The fourth-order valence-electron chi connectivity index (χ4n) is 3.13. The molecule has 2 rings (SSSR count). The maximum atomic E-state index is 5.81. The Hall–Kier alpha value is -0.430. The summed E-state index contributed by atoms with van der Waals surface area (Å²) in [5.74, 6) is 6.28. The highest BCUT2D eigenvalue weighted by atomic mass is 79.9. The van der Waals surface area contributed by atoms with Crippen molar-refractivity contribution in [1.82, 2.24) is 15.2 Å². The second-order valence-electron chi connectivity index (χ2n) is 5.43. The first-order valence-corrected chi connectivity index (χ1v) is 8.19. The number of nitrogens with zero attached hydrogens (tertiary/aromatic N) is 2. The van der Waals surface area contributed by atoms with Crippen molar-refractivity contribution in [2.45, 2.75) is 51.7 Å². The van der Waals surface area contributed by atoms with Crippen LogP contribution >= 0.6 is 15.9 Å². The van der Waals surface area contributed by atoms with Gasteiger partial charge < -0.3 is 4.74 Å². The lowest BCUT2D eigenvalue weighted by Gasteiger charge is -2.26. The minimum Gasteiger partial charge on any atom is -0.378 e. The summed E-state index contributed by atoms with van der Waals surface area (Å²) in [7, 11) is 2.00. The zero-order valence-electron chi connectivity index (χ0n) is 12.5. The van der Waals surface area contributed by atoms with Crippen molar-refractivity contribution in [2.75, 3.05) is 6.61 Å². The van der Waals surface area contributed by atoms with Crippen LogP contribution in [0.2, 0.25) is 0 Å². The quantitative estimate of drug-likeness (QED) is 0.611. The molecular weight excluding hydrogens is 320 g/mol. The first kappa shape index (κ1) is 15.9. The molecule has 0 aliphatic carbocycles. The summed E-state index contributed by atoms with van der Waals surface area (Å²) in [6.45, 7) is 5.13. The van der Waals surface area contributed by atoms with Gasteiger partial charge in [-0.25, -0.2) is 0 Å². The van der Waals surface area contributed by atoms with Gasteiger partial charge in [0.15, 0.2) is 0 Å². The van der Waals surface area contributed by atoms with Gasteiger partial charge in [-0.05, 0) is 35.2 Å². The van der Waals surface area contributed by atoms with E-state index < -0.39 is 0 Å². The van der Waals surface area contributed by atoms with E-state index >= 15 is 0 Å². The lowest BCUT2D eigenvalue weighted by Crippen LogP contribution is -2.45. The highest BCUT2D eigenvalue weighted by Gasteiger charge is 2.34. The maximum absolute atomic E-state index is 5.81. The van der Waals surface area contributed by atoms with Crippen LogP contribution < -0.4 is 11.3 Å². The molecule has 0 amide bonds. The monoisotopic (exact) mass is 344 g/mol. The van der Waals surface area contributed by atoms with Gasteiger partial charge in [0, 0.05) is 32.0 Å². The number of ether oxygens (including phenoxy) is 1. The fraction of sp³-hybridized carbons (Fsp3) is 0.786. The van der Waals surface area contributed by atoms with E-state index in [2.05, 4.69) is 40.3 Å². The van der Waals surface area contributed by atoms with Gasteiger partial charge in [0.25, 0.3) is 0 Å². The van der Waals surface area contributed by atoms with Crippen LogP contribution in [-0.2, 0) is 24.6 Å². The van der Waals surface area contributed by atoms with Crippen LogP contribution in [0.5, 0.6) is 0 Å². The summed E-state index contributed by atoms with van der Waals surface area (Å²) in [5.41, 5.74) is 5.30. The van der Waals surface area contributed by atoms with Crippen LogP contribution in [-0.4, -0.2) is 28.5 Å². The second-order valence-corrected chi connectivity index (χ2v) is 6.22.